The van der Waals surface area contributed by atoms with Crippen molar-refractivity contribution in [3.8, 4) is 11.8 Å². The fourth-order valence-corrected chi connectivity index (χ4v) is 5.46. The maximum Gasteiger partial charge on any atom is 0.115 e. The van der Waals surface area contributed by atoms with Crippen LogP contribution >= 0.6 is 0 Å². The van der Waals surface area contributed by atoms with Crippen molar-refractivity contribution in [2.75, 3.05) is 19.6 Å². The minimum absolute atomic E-state index is 0.0759. The molecule has 1 fully saturated rings. The SMILES string of the molecule is CCCCCCCC(CCCCCC)CN1CCC(O[C@H](C)C#CC(CCC)CCCC)CC1. The lowest BCUT2D eigenvalue weighted by atomic mass is 9.93. The number of piperidine rings is 1. The van der Waals surface area contributed by atoms with E-state index in [0.29, 0.717) is 12.0 Å². The molecule has 2 unspecified atom stereocenters. The zero-order valence-electron chi connectivity index (χ0n) is 24.0. The highest BCUT2D eigenvalue weighted by Gasteiger charge is 2.23. The van der Waals surface area contributed by atoms with E-state index in [4.69, 9.17) is 4.74 Å². The van der Waals surface area contributed by atoms with Gasteiger partial charge in [-0.15, -0.1) is 0 Å². The molecular formula is C32H61NO. The quantitative estimate of drug-likeness (QED) is 0.128. The minimum Gasteiger partial charge on any atom is -0.362 e. The standard InChI is InChI=1S/C32H61NO/c1-6-10-13-15-17-21-31(20-16-14-11-7-2)28-33-26-24-32(25-27-33)34-29(5)22-23-30(18-9-4)19-12-8-3/h29-32H,6-21,24-28H2,1-5H3/t29-,30?,31?/m1/s1. The lowest BCUT2D eigenvalue weighted by molar-refractivity contribution is -0.0146. The van der Waals surface area contributed by atoms with E-state index in [-0.39, 0.29) is 6.10 Å². The van der Waals surface area contributed by atoms with Crippen LogP contribution in [0.25, 0.3) is 0 Å². The maximum absolute atomic E-state index is 6.37. The van der Waals surface area contributed by atoms with Crippen molar-refractivity contribution < 1.29 is 4.74 Å². The largest absolute Gasteiger partial charge is 0.362 e. The number of likely N-dealkylation sites (tertiary alicyclic amines) is 1. The second kappa shape index (κ2) is 21.7. The minimum atomic E-state index is 0.0759. The molecule has 2 heteroatoms. The Morgan fingerprint density at radius 2 is 1.26 bits per heavy atom. The van der Waals surface area contributed by atoms with Gasteiger partial charge in [0.1, 0.15) is 6.10 Å². The average Bonchev–Trinajstić information content (AvgIpc) is 2.84. The highest BCUT2D eigenvalue weighted by Crippen LogP contribution is 2.23. The molecule has 0 amide bonds. The third kappa shape index (κ3) is 16.2. The first-order valence-corrected chi connectivity index (χ1v) is 15.5. The highest BCUT2D eigenvalue weighted by molar-refractivity contribution is 5.07. The van der Waals surface area contributed by atoms with Crippen LogP contribution in [0.5, 0.6) is 0 Å². The molecule has 200 valence electrons. The highest BCUT2D eigenvalue weighted by atomic mass is 16.5. The molecule has 1 aliphatic rings. The number of unbranched alkanes of at least 4 members (excludes halogenated alkanes) is 8. The Balaban J connectivity index is 2.39. The average molecular weight is 476 g/mol. The van der Waals surface area contributed by atoms with E-state index in [2.05, 4.69) is 51.4 Å². The van der Waals surface area contributed by atoms with E-state index >= 15 is 0 Å². The Morgan fingerprint density at radius 1 is 0.676 bits per heavy atom. The molecule has 0 saturated carbocycles. The zero-order valence-corrected chi connectivity index (χ0v) is 24.0. The van der Waals surface area contributed by atoms with Crippen LogP contribution in [0.4, 0.5) is 0 Å². The summed E-state index contributed by atoms with van der Waals surface area (Å²) in [5.74, 6) is 8.47. The van der Waals surface area contributed by atoms with Crippen molar-refractivity contribution in [3.05, 3.63) is 0 Å². The van der Waals surface area contributed by atoms with E-state index in [9.17, 15) is 0 Å². The molecule has 0 aromatic rings. The van der Waals surface area contributed by atoms with Crippen LogP contribution in [-0.2, 0) is 4.74 Å². The van der Waals surface area contributed by atoms with Gasteiger partial charge in [-0.2, -0.15) is 0 Å². The fraction of sp³-hybridized carbons (Fsp3) is 0.938. The first kappa shape index (κ1) is 31.5. The molecule has 1 rings (SSSR count). The molecule has 3 atom stereocenters. The maximum atomic E-state index is 6.37. The van der Waals surface area contributed by atoms with E-state index in [1.165, 1.54) is 135 Å². The number of nitrogens with zero attached hydrogens (tertiary/aromatic N) is 1. The fourth-order valence-electron chi connectivity index (χ4n) is 5.46. The van der Waals surface area contributed by atoms with Gasteiger partial charge in [-0.25, -0.2) is 0 Å². The molecule has 0 aromatic carbocycles. The van der Waals surface area contributed by atoms with E-state index < -0.39 is 0 Å². The molecule has 0 bridgehead atoms. The first-order chi connectivity index (χ1) is 16.6. The van der Waals surface area contributed by atoms with Gasteiger partial charge in [0.2, 0.25) is 0 Å². The van der Waals surface area contributed by atoms with Gasteiger partial charge in [0.15, 0.2) is 0 Å². The van der Waals surface area contributed by atoms with Crippen LogP contribution in [0.1, 0.15) is 150 Å². The molecule has 0 radical (unpaired) electrons. The van der Waals surface area contributed by atoms with Crippen molar-refractivity contribution in [2.24, 2.45) is 11.8 Å². The third-order valence-electron chi connectivity index (χ3n) is 7.66. The zero-order chi connectivity index (χ0) is 24.9. The first-order valence-electron chi connectivity index (χ1n) is 15.5. The van der Waals surface area contributed by atoms with Gasteiger partial charge in [0.05, 0.1) is 6.10 Å². The number of hydrogen-bond donors (Lipinski definition) is 0. The van der Waals surface area contributed by atoms with Crippen LogP contribution in [0.2, 0.25) is 0 Å². The Bertz CT molecular complexity index is 499. The van der Waals surface area contributed by atoms with E-state index in [1.54, 1.807) is 0 Å². The van der Waals surface area contributed by atoms with Gasteiger partial charge in [0.25, 0.3) is 0 Å². The van der Waals surface area contributed by atoms with Gasteiger partial charge in [0, 0.05) is 25.6 Å². The third-order valence-corrected chi connectivity index (χ3v) is 7.66. The topological polar surface area (TPSA) is 12.5 Å². The summed E-state index contributed by atoms with van der Waals surface area (Å²) < 4.78 is 6.37. The van der Waals surface area contributed by atoms with Crippen LogP contribution in [0, 0.1) is 23.7 Å². The summed E-state index contributed by atoms with van der Waals surface area (Å²) in [4.78, 5) is 2.74. The molecule has 1 heterocycles. The van der Waals surface area contributed by atoms with Crippen molar-refractivity contribution in [1.82, 2.24) is 4.90 Å². The van der Waals surface area contributed by atoms with Crippen LogP contribution < -0.4 is 0 Å². The smallest absolute Gasteiger partial charge is 0.115 e. The van der Waals surface area contributed by atoms with Crippen LogP contribution in [-0.4, -0.2) is 36.7 Å². The van der Waals surface area contributed by atoms with Gasteiger partial charge >= 0.3 is 0 Å². The van der Waals surface area contributed by atoms with Gasteiger partial charge < -0.3 is 9.64 Å². The molecule has 34 heavy (non-hydrogen) atoms. The van der Waals surface area contributed by atoms with E-state index in [0.717, 1.165) is 5.92 Å². The number of rotatable bonds is 20. The Morgan fingerprint density at radius 3 is 1.85 bits per heavy atom. The summed E-state index contributed by atoms with van der Waals surface area (Å²) in [6, 6.07) is 0. The van der Waals surface area contributed by atoms with E-state index in [1.807, 2.05) is 0 Å². The molecule has 1 aliphatic heterocycles. The van der Waals surface area contributed by atoms with Crippen molar-refractivity contribution in [2.45, 2.75) is 162 Å². The molecule has 0 aliphatic carbocycles. The summed E-state index contributed by atoms with van der Waals surface area (Å²) in [7, 11) is 0. The second-order valence-electron chi connectivity index (χ2n) is 11.1. The summed E-state index contributed by atoms with van der Waals surface area (Å²) in [5, 5.41) is 0. The lowest BCUT2D eigenvalue weighted by Crippen LogP contribution is -2.40. The number of hydrogen-bond acceptors (Lipinski definition) is 2. The van der Waals surface area contributed by atoms with Gasteiger partial charge in [-0.3, -0.25) is 0 Å². The monoisotopic (exact) mass is 475 g/mol. The molecular weight excluding hydrogens is 414 g/mol. The molecule has 2 nitrogen and oxygen atoms in total. The normalized spacial score (nSPS) is 17.8. The summed E-state index contributed by atoms with van der Waals surface area (Å²) >= 11 is 0. The van der Waals surface area contributed by atoms with Crippen molar-refractivity contribution >= 4 is 0 Å². The predicted molar refractivity (Wildman–Crippen MR) is 151 cm³/mol. The molecule has 0 N–H and O–H groups in total. The van der Waals surface area contributed by atoms with Crippen molar-refractivity contribution in [3.63, 3.8) is 0 Å². The Labute approximate surface area is 215 Å². The Kier molecular flexibility index (Phi) is 20.1. The summed E-state index contributed by atoms with van der Waals surface area (Å²) in [6.07, 6.45) is 24.7. The Hall–Kier alpha value is -0.520. The number of ether oxygens (including phenoxy) is 1. The molecule has 0 spiro atoms. The van der Waals surface area contributed by atoms with Crippen LogP contribution in [0.3, 0.4) is 0 Å². The summed E-state index contributed by atoms with van der Waals surface area (Å²) in [5.41, 5.74) is 0. The molecule has 1 saturated heterocycles. The van der Waals surface area contributed by atoms with Crippen molar-refractivity contribution in [1.29, 1.82) is 0 Å². The van der Waals surface area contributed by atoms with Crippen LogP contribution in [0.15, 0.2) is 0 Å². The second-order valence-corrected chi connectivity index (χ2v) is 11.1. The van der Waals surface area contributed by atoms with Gasteiger partial charge in [-0.1, -0.05) is 117 Å². The lowest BCUT2D eigenvalue weighted by Gasteiger charge is -2.35. The molecule has 0 aromatic heterocycles. The summed E-state index contributed by atoms with van der Waals surface area (Å²) in [6.45, 7) is 15.1. The van der Waals surface area contributed by atoms with Gasteiger partial charge in [-0.05, 0) is 51.4 Å². The predicted octanol–water partition coefficient (Wildman–Crippen LogP) is 9.41.